The van der Waals surface area contributed by atoms with Gasteiger partial charge in [-0.05, 0) is 36.5 Å². The highest BCUT2D eigenvalue weighted by atomic mass is 32.2. The molecule has 3 rings (SSSR count). The fraction of sp³-hybridized carbons (Fsp3) is 0.500. The molecule has 0 unspecified atom stereocenters. The van der Waals surface area contributed by atoms with Gasteiger partial charge in [-0.1, -0.05) is 51.6 Å². The van der Waals surface area contributed by atoms with E-state index in [1.54, 1.807) is 11.8 Å². The smallest absolute Gasteiger partial charge is 0.247 e. The molecule has 0 aliphatic heterocycles. The predicted octanol–water partition coefficient (Wildman–Crippen LogP) is 4.89. The second-order valence-corrected chi connectivity index (χ2v) is 8.45. The molecule has 7 heteroatoms. The van der Waals surface area contributed by atoms with E-state index in [4.69, 9.17) is 4.42 Å². The van der Waals surface area contributed by atoms with Gasteiger partial charge in [0, 0.05) is 18.5 Å². The van der Waals surface area contributed by atoms with Gasteiger partial charge < -0.3 is 8.98 Å². The van der Waals surface area contributed by atoms with Crippen LogP contribution in [0, 0.1) is 0 Å². The van der Waals surface area contributed by atoms with E-state index in [1.807, 2.05) is 12.1 Å². The zero-order chi connectivity index (χ0) is 19.4. The Labute approximate surface area is 164 Å². The van der Waals surface area contributed by atoms with E-state index in [0.29, 0.717) is 17.5 Å². The van der Waals surface area contributed by atoms with Crippen LogP contribution in [0.4, 0.5) is 0 Å². The molecule has 0 N–H and O–H groups in total. The summed E-state index contributed by atoms with van der Waals surface area (Å²) in [6, 6.07) is 8.31. The van der Waals surface area contributed by atoms with Crippen molar-refractivity contribution >= 4 is 11.8 Å². The van der Waals surface area contributed by atoms with Gasteiger partial charge in [0.1, 0.15) is 5.82 Å². The highest BCUT2D eigenvalue weighted by Gasteiger charge is 2.16. The van der Waals surface area contributed by atoms with E-state index in [0.717, 1.165) is 35.9 Å². The third-order valence-corrected chi connectivity index (χ3v) is 5.32. The lowest BCUT2D eigenvalue weighted by Crippen LogP contribution is -2.10. The first-order valence-electron chi connectivity index (χ1n) is 9.40. The van der Waals surface area contributed by atoms with Crippen LogP contribution in [0.5, 0.6) is 0 Å². The van der Waals surface area contributed by atoms with E-state index in [9.17, 15) is 0 Å². The summed E-state index contributed by atoms with van der Waals surface area (Å²) in [5, 5.41) is 17.9. The normalized spacial score (nSPS) is 11.9. The third-order valence-electron chi connectivity index (χ3n) is 4.37. The van der Waals surface area contributed by atoms with Gasteiger partial charge in [-0.3, -0.25) is 0 Å². The predicted molar refractivity (Wildman–Crippen MR) is 108 cm³/mol. The molecule has 0 saturated heterocycles. The van der Waals surface area contributed by atoms with Gasteiger partial charge >= 0.3 is 0 Å². The molecule has 3 aromatic rings. The molecular weight excluding hydrogens is 358 g/mol. The van der Waals surface area contributed by atoms with Gasteiger partial charge in [-0.2, -0.15) is 0 Å². The van der Waals surface area contributed by atoms with Crippen molar-refractivity contribution in [3.63, 3.8) is 0 Å². The van der Waals surface area contributed by atoms with Gasteiger partial charge in [-0.25, -0.2) is 0 Å². The lowest BCUT2D eigenvalue weighted by atomic mass is 9.87. The van der Waals surface area contributed by atoms with Crippen molar-refractivity contribution in [2.75, 3.05) is 0 Å². The van der Waals surface area contributed by atoms with Crippen molar-refractivity contribution in [1.29, 1.82) is 0 Å². The molecule has 0 aliphatic rings. The number of rotatable bonds is 7. The maximum Gasteiger partial charge on any atom is 0.247 e. The first-order chi connectivity index (χ1) is 12.9. The number of aryl methyl sites for hydroxylation is 1. The minimum Gasteiger partial charge on any atom is -0.420 e. The highest BCUT2D eigenvalue weighted by Crippen LogP contribution is 2.27. The van der Waals surface area contributed by atoms with Crippen LogP contribution in [0.3, 0.4) is 0 Å². The fourth-order valence-corrected chi connectivity index (χ4v) is 3.68. The lowest BCUT2D eigenvalue weighted by molar-refractivity contribution is 0.527. The van der Waals surface area contributed by atoms with Crippen LogP contribution in [0.25, 0.3) is 11.5 Å². The Morgan fingerprint density at radius 2 is 1.74 bits per heavy atom. The van der Waals surface area contributed by atoms with Gasteiger partial charge in [0.15, 0.2) is 5.16 Å². The van der Waals surface area contributed by atoms with E-state index >= 15 is 0 Å². The average molecular weight is 386 g/mol. The van der Waals surface area contributed by atoms with Crippen molar-refractivity contribution < 1.29 is 4.42 Å². The molecule has 0 atom stereocenters. The summed E-state index contributed by atoms with van der Waals surface area (Å²) >= 11 is 1.58. The average Bonchev–Trinajstić information content (AvgIpc) is 3.26. The first kappa shape index (κ1) is 19.6. The molecule has 0 radical (unpaired) electrons. The van der Waals surface area contributed by atoms with Crippen LogP contribution in [-0.2, 0) is 24.1 Å². The maximum absolute atomic E-state index is 5.84. The first-order valence-corrected chi connectivity index (χ1v) is 10.4. The van der Waals surface area contributed by atoms with E-state index in [-0.39, 0.29) is 5.41 Å². The van der Waals surface area contributed by atoms with Gasteiger partial charge in [-0.15, -0.1) is 20.4 Å². The van der Waals surface area contributed by atoms with Crippen molar-refractivity contribution in [3.05, 3.63) is 41.5 Å². The van der Waals surface area contributed by atoms with Gasteiger partial charge in [0.2, 0.25) is 11.8 Å². The van der Waals surface area contributed by atoms with E-state index < -0.39 is 0 Å². The van der Waals surface area contributed by atoms with Crippen molar-refractivity contribution in [2.24, 2.45) is 0 Å². The quantitative estimate of drug-likeness (QED) is 0.539. The molecule has 0 fully saturated rings. The Morgan fingerprint density at radius 1 is 1.00 bits per heavy atom. The molecule has 1 aromatic carbocycles. The maximum atomic E-state index is 5.84. The summed E-state index contributed by atoms with van der Waals surface area (Å²) in [6.45, 7) is 11.7. The Kier molecular flexibility index (Phi) is 5.99. The minimum absolute atomic E-state index is 0.126. The lowest BCUT2D eigenvalue weighted by Gasteiger charge is -2.18. The number of aromatic nitrogens is 5. The number of hydrogen-bond donors (Lipinski definition) is 0. The summed E-state index contributed by atoms with van der Waals surface area (Å²) in [7, 11) is 0. The molecule has 0 spiro atoms. The monoisotopic (exact) mass is 385 g/mol. The van der Waals surface area contributed by atoms with Crippen LogP contribution in [0.2, 0.25) is 0 Å². The number of thioether (sulfide) groups is 1. The highest BCUT2D eigenvalue weighted by molar-refractivity contribution is 7.98. The van der Waals surface area contributed by atoms with Crippen molar-refractivity contribution in [1.82, 2.24) is 25.0 Å². The summed E-state index contributed by atoms with van der Waals surface area (Å²) in [4.78, 5) is 0. The van der Waals surface area contributed by atoms with Crippen LogP contribution in [0.15, 0.2) is 33.8 Å². The molecule has 27 heavy (non-hydrogen) atoms. The standard InChI is InChI=1S/C20H27N5OS/c1-6-8-16-21-24-19(25(16)7-2)27-13-17-22-23-18(26-17)14-9-11-15(12-10-14)20(3,4)5/h9-12H,6-8,13H2,1-5H3. The zero-order valence-corrected chi connectivity index (χ0v) is 17.5. The van der Waals surface area contributed by atoms with Crippen LogP contribution in [-0.4, -0.2) is 25.0 Å². The Balaban J connectivity index is 1.68. The molecule has 0 aliphatic carbocycles. The Hall–Kier alpha value is -2.15. The van der Waals surface area contributed by atoms with Gasteiger partial charge in [0.05, 0.1) is 5.75 Å². The molecule has 0 amide bonds. The Bertz CT molecular complexity index is 877. The van der Waals surface area contributed by atoms with Crippen LogP contribution >= 0.6 is 11.8 Å². The van der Waals surface area contributed by atoms with Crippen molar-refractivity contribution in [2.45, 2.75) is 70.3 Å². The van der Waals surface area contributed by atoms with E-state index in [1.165, 1.54) is 5.56 Å². The molecular formula is C20H27N5OS. The molecule has 6 nitrogen and oxygen atoms in total. The molecule has 2 aromatic heterocycles. The third kappa shape index (κ3) is 4.58. The number of benzene rings is 1. The summed E-state index contributed by atoms with van der Waals surface area (Å²) in [6.07, 6.45) is 2.00. The fourth-order valence-electron chi connectivity index (χ4n) is 2.82. The summed E-state index contributed by atoms with van der Waals surface area (Å²) in [5.74, 6) is 2.76. The van der Waals surface area contributed by atoms with E-state index in [2.05, 4.69) is 71.7 Å². The minimum atomic E-state index is 0.126. The number of hydrogen-bond acceptors (Lipinski definition) is 6. The van der Waals surface area contributed by atoms with Crippen LogP contribution < -0.4 is 0 Å². The van der Waals surface area contributed by atoms with Gasteiger partial charge in [0.25, 0.3) is 0 Å². The Morgan fingerprint density at radius 3 is 2.37 bits per heavy atom. The summed E-state index contributed by atoms with van der Waals surface area (Å²) < 4.78 is 7.99. The zero-order valence-electron chi connectivity index (χ0n) is 16.7. The van der Waals surface area contributed by atoms with Crippen LogP contribution in [0.1, 0.15) is 58.3 Å². The largest absolute Gasteiger partial charge is 0.420 e. The molecule has 144 valence electrons. The second kappa shape index (κ2) is 8.25. The summed E-state index contributed by atoms with van der Waals surface area (Å²) in [5.41, 5.74) is 2.35. The molecule has 0 saturated carbocycles. The van der Waals surface area contributed by atoms with Crippen molar-refractivity contribution in [3.8, 4) is 11.5 Å². The molecule has 0 bridgehead atoms. The SMILES string of the molecule is CCCc1nnc(SCc2nnc(-c3ccc(C(C)(C)C)cc3)o2)n1CC. The topological polar surface area (TPSA) is 69.6 Å². The number of nitrogens with zero attached hydrogens (tertiary/aromatic N) is 5. The molecule has 2 heterocycles. The second-order valence-electron chi connectivity index (χ2n) is 7.51.